The van der Waals surface area contributed by atoms with Crippen LogP contribution in [0.3, 0.4) is 0 Å². The second-order valence-electron chi connectivity index (χ2n) is 5.72. The third kappa shape index (κ3) is 7.88. The Bertz CT molecular complexity index is 829. The Morgan fingerprint density at radius 1 is 1.18 bits per heavy atom. The highest BCUT2D eigenvalue weighted by Crippen LogP contribution is 2.11. The van der Waals surface area contributed by atoms with Crippen LogP contribution in [0.2, 0.25) is 0 Å². The second-order valence-corrected chi connectivity index (χ2v) is 5.72. The maximum absolute atomic E-state index is 12.1. The van der Waals surface area contributed by atoms with Gasteiger partial charge in [0, 0.05) is 24.8 Å². The standard InChI is InChI=1S/C21H24N4O2.HI/c1-4-16-6-5-7-18(14-16)25-20(26)15-24-21(22-2)23-13-12-17-8-10-19(27-3)11-9-17;/h1,5-11,14H,12-13,15H2,2-3H3,(H,25,26)(H2,22,23,24);1H. The SMILES string of the molecule is C#Cc1cccc(NC(=O)CNC(=NC)NCCc2ccc(OC)cc2)c1.I. The minimum absolute atomic E-state index is 0. The molecule has 0 aliphatic heterocycles. The van der Waals surface area contributed by atoms with E-state index in [9.17, 15) is 4.79 Å². The molecule has 7 heteroatoms. The molecule has 0 bridgehead atoms. The Kier molecular flexibility index (Phi) is 10.5. The van der Waals surface area contributed by atoms with Gasteiger partial charge in [0.05, 0.1) is 13.7 Å². The molecular formula is C21H25IN4O2. The van der Waals surface area contributed by atoms with Gasteiger partial charge in [-0.3, -0.25) is 9.79 Å². The van der Waals surface area contributed by atoms with Crippen molar-refractivity contribution < 1.29 is 9.53 Å². The number of anilines is 1. The number of hydrogen-bond acceptors (Lipinski definition) is 3. The predicted molar refractivity (Wildman–Crippen MR) is 124 cm³/mol. The number of aliphatic imine (C=N–C) groups is 1. The molecule has 28 heavy (non-hydrogen) atoms. The fourth-order valence-corrected chi connectivity index (χ4v) is 2.39. The van der Waals surface area contributed by atoms with Gasteiger partial charge >= 0.3 is 0 Å². The first-order valence-electron chi connectivity index (χ1n) is 8.58. The van der Waals surface area contributed by atoms with Gasteiger partial charge in [-0.2, -0.15) is 0 Å². The minimum atomic E-state index is -0.178. The van der Waals surface area contributed by atoms with Gasteiger partial charge in [-0.1, -0.05) is 24.1 Å². The summed E-state index contributed by atoms with van der Waals surface area (Å²) in [4.78, 5) is 16.2. The molecule has 0 spiro atoms. The van der Waals surface area contributed by atoms with E-state index < -0.39 is 0 Å². The van der Waals surface area contributed by atoms with E-state index in [2.05, 4.69) is 26.9 Å². The molecule has 0 radical (unpaired) electrons. The number of carbonyl (C=O) groups is 1. The smallest absolute Gasteiger partial charge is 0.243 e. The summed E-state index contributed by atoms with van der Waals surface area (Å²) >= 11 is 0. The highest BCUT2D eigenvalue weighted by Gasteiger charge is 2.05. The highest BCUT2D eigenvalue weighted by atomic mass is 127. The zero-order valence-corrected chi connectivity index (χ0v) is 18.3. The summed E-state index contributed by atoms with van der Waals surface area (Å²) in [7, 11) is 3.31. The molecular weight excluding hydrogens is 467 g/mol. The summed E-state index contributed by atoms with van der Waals surface area (Å²) in [5.74, 6) is 3.76. The fraction of sp³-hybridized carbons (Fsp3) is 0.238. The normalized spacial score (nSPS) is 10.2. The zero-order valence-electron chi connectivity index (χ0n) is 16.0. The molecule has 148 valence electrons. The van der Waals surface area contributed by atoms with Crippen LogP contribution in [0.15, 0.2) is 53.5 Å². The van der Waals surface area contributed by atoms with Crippen molar-refractivity contribution in [2.75, 3.05) is 32.6 Å². The number of methoxy groups -OCH3 is 1. The summed E-state index contributed by atoms with van der Waals surface area (Å²) in [5.41, 5.74) is 2.57. The molecule has 0 atom stereocenters. The molecule has 0 heterocycles. The molecule has 6 nitrogen and oxygen atoms in total. The van der Waals surface area contributed by atoms with Crippen molar-refractivity contribution in [1.29, 1.82) is 0 Å². The second kappa shape index (κ2) is 12.6. The van der Waals surface area contributed by atoms with Crippen molar-refractivity contribution in [2.24, 2.45) is 4.99 Å². The van der Waals surface area contributed by atoms with Crippen LogP contribution in [-0.2, 0) is 11.2 Å². The largest absolute Gasteiger partial charge is 0.497 e. The molecule has 0 fully saturated rings. The number of terminal acetylenes is 1. The molecule has 1 amide bonds. The van der Waals surface area contributed by atoms with Crippen LogP contribution in [0, 0.1) is 12.3 Å². The first-order chi connectivity index (χ1) is 13.1. The average Bonchev–Trinajstić information content (AvgIpc) is 2.71. The Balaban J connectivity index is 0.00000392. The highest BCUT2D eigenvalue weighted by molar-refractivity contribution is 14.0. The number of benzene rings is 2. The van der Waals surface area contributed by atoms with Crippen LogP contribution in [0.25, 0.3) is 0 Å². The molecule has 0 saturated heterocycles. The molecule has 2 aromatic carbocycles. The number of halogens is 1. The predicted octanol–water partition coefficient (Wildman–Crippen LogP) is 2.64. The van der Waals surface area contributed by atoms with Gasteiger partial charge in [-0.05, 0) is 42.3 Å². The average molecular weight is 492 g/mol. The lowest BCUT2D eigenvalue weighted by molar-refractivity contribution is -0.115. The van der Waals surface area contributed by atoms with E-state index in [4.69, 9.17) is 11.2 Å². The van der Waals surface area contributed by atoms with Crippen LogP contribution in [0.5, 0.6) is 5.75 Å². The van der Waals surface area contributed by atoms with E-state index in [0.29, 0.717) is 18.2 Å². The van der Waals surface area contributed by atoms with E-state index >= 15 is 0 Å². The number of nitrogens with one attached hydrogen (secondary N) is 3. The van der Waals surface area contributed by atoms with E-state index in [0.717, 1.165) is 17.7 Å². The van der Waals surface area contributed by atoms with Crippen molar-refractivity contribution >= 4 is 41.5 Å². The lowest BCUT2D eigenvalue weighted by Gasteiger charge is -2.12. The van der Waals surface area contributed by atoms with E-state index in [1.807, 2.05) is 30.3 Å². The number of carbonyl (C=O) groups excluding carboxylic acids is 1. The molecule has 0 aliphatic carbocycles. The van der Waals surface area contributed by atoms with Gasteiger partial charge in [0.1, 0.15) is 5.75 Å². The number of ether oxygens (including phenoxy) is 1. The van der Waals surface area contributed by atoms with Crippen molar-refractivity contribution in [1.82, 2.24) is 10.6 Å². The van der Waals surface area contributed by atoms with E-state index in [1.165, 1.54) is 5.56 Å². The number of nitrogens with zero attached hydrogens (tertiary/aromatic N) is 1. The molecule has 0 saturated carbocycles. The Labute approximate surface area is 183 Å². The summed E-state index contributed by atoms with van der Waals surface area (Å²) in [6, 6.07) is 15.1. The van der Waals surface area contributed by atoms with Gasteiger partial charge in [0.2, 0.25) is 5.91 Å². The molecule has 0 aliphatic rings. The zero-order chi connectivity index (χ0) is 19.5. The van der Waals surface area contributed by atoms with Crippen LogP contribution in [0.1, 0.15) is 11.1 Å². The topological polar surface area (TPSA) is 74.8 Å². The van der Waals surface area contributed by atoms with Crippen molar-refractivity contribution in [3.8, 4) is 18.1 Å². The summed E-state index contributed by atoms with van der Waals surface area (Å²) < 4.78 is 5.15. The van der Waals surface area contributed by atoms with E-state index in [-0.39, 0.29) is 36.4 Å². The van der Waals surface area contributed by atoms with Crippen LogP contribution < -0.4 is 20.7 Å². The van der Waals surface area contributed by atoms with Gasteiger partial charge < -0.3 is 20.7 Å². The third-order valence-corrected chi connectivity index (χ3v) is 3.82. The number of rotatable bonds is 7. The number of guanidine groups is 1. The van der Waals surface area contributed by atoms with Crippen LogP contribution in [-0.4, -0.2) is 39.1 Å². The summed E-state index contributed by atoms with van der Waals surface area (Å²) in [5, 5.41) is 8.97. The minimum Gasteiger partial charge on any atom is -0.497 e. The van der Waals surface area contributed by atoms with Crippen LogP contribution in [0.4, 0.5) is 5.69 Å². The van der Waals surface area contributed by atoms with Crippen molar-refractivity contribution in [3.05, 3.63) is 59.7 Å². The van der Waals surface area contributed by atoms with Gasteiger partial charge in [-0.25, -0.2) is 0 Å². The van der Waals surface area contributed by atoms with Gasteiger partial charge in [-0.15, -0.1) is 30.4 Å². The molecule has 0 aromatic heterocycles. The maximum atomic E-state index is 12.1. The maximum Gasteiger partial charge on any atom is 0.243 e. The van der Waals surface area contributed by atoms with Crippen molar-refractivity contribution in [2.45, 2.75) is 6.42 Å². The van der Waals surface area contributed by atoms with Crippen molar-refractivity contribution in [3.63, 3.8) is 0 Å². The van der Waals surface area contributed by atoms with Gasteiger partial charge in [0.15, 0.2) is 5.96 Å². The lowest BCUT2D eigenvalue weighted by Crippen LogP contribution is -2.42. The van der Waals surface area contributed by atoms with Gasteiger partial charge in [0.25, 0.3) is 0 Å². The molecule has 2 rings (SSSR count). The van der Waals surface area contributed by atoms with E-state index in [1.54, 1.807) is 32.4 Å². The molecule has 0 unspecified atom stereocenters. The first-order valence-corrected chi connectivity index (χ1v) is 8.58. The monoisotopic (exact) mass is 492 g/mol. The quantitative estimate of drug-likeness (QED) is 0.241. The first kappa shape index (κ1) is 23.3. The Morgan fingerprint density at radius 2 is 1.93 bits per heavy atom. The molecule has 2 aromatic rings. The summed E-state index contributed by atoms with van der Waals surface area (Å²) in [6.45, 7) is 0.792. The van der Waals surface area contributed by atoms with Crippen LogP contribution >= 0.6 is 24.0 Å². The lowest BCUT2D eigenvalue weighted by atomic mass is 10.1. The Hall–Kier alpha value is -2.73. The Morgan fingerprint density at radius 3 is 2.57 bits per heavy atom. The third-order valence-electron chi connectivity index (χ3n) is 3.82. The number of amides is 1. The fourth-order valence-electron chi connectivity index (χ4n) is 2.39. The number of hydrogen-bond donors (Lipinski definition) is 3. The summed E-state index contributed by atoms with van der Waals surface area (Å²) in [6.07, 6.45) is 6.19. The molecule has 3 N–H and O–H groups in total.